The van der Waals surface area contributed by atoms with Gasteiger partial charge in [-0.15, -0.1) is 0 Å². The minimum atomic E-state index is -0.917. The molecule has 1 rings (SSSR count). The lowest BCUT2D eigenvalue weighted by atomic mass is 10.1. The van der Waals surface area contributed by atoms with Gasteiger partial charge < -0.3 is 5.32 Å². The van der Waals surface area contributed by atoms with Gasteiger partial charge in [0.2, 0.25) is 0 Å². The molecule has 2 atom stereocenters. The highest BCUT2D eigenvalue weighted by molar-refractivity contribution is 7.85. The van der Waals surface area contributed by atoms with Crippen molar-refractivity contribution in [2.45, 2.75) is 44.0 Å². The molecule has 0 amide bonds. The molecule has 0 fully saturated rings. The molecule has 0 heterocycles. The summed E-state index contributed by atoms with van der Waals surface area (Å²) in [4.78, 5) is 0.835. The van der Waals surface area contributed by atoms with Crippen molar-refractivity contribution in [1.82, 2.24) is 5.32 Å². The van der Waals surface area contributed by atoms with E-state index in [0.29, 0.717) is 11.1 Å². The van der Waals surface area contributed by atoms with Gasteiger partial charge in [0.1, 0.15) is 0 Å². The maximum atomic E-state index is 12.0. The zero-order valence-corrected chi connectivity index (χ0v) is 12.7. The van der Waals surface area contributed by atoms with Gasteiger partial charge in [0.15, 0.2) is 0 Å². The second kappa shape index (κ2) is 8.68. The summed E-state index contributed by atoms with van der Waals surface area (Å²) in [6, 6.07) is 7.88. The van der Waals surface area contributed by atoms with Crippen LogP contribution in [0.15, 0.2) is 29.2 Å². The first-order chi connectivity index (χ1) is 8.63. The second-order valence-corrected chi connectivity index (χ2v) is 6.47. The third kappa shape index (κ3) is 5.98. The van der Waals surface area contributed by atoms with E-state index in [2.05, 4.69) is 19.2 Å². The normalized spacial score (nSPS) is 14.4. The fourth-order valence-corrected chi connectivity index (χ4v) is 3.31. The number of benzene rings is 1. The minimum absolute atomic E-state index is 0.551. The van der Waals surface area contributed by atoms with E-state index in [1.165, 1.54) is 0 Å². The van der Waals surface area contributed by atoms with Gasteiger partial charge in [0, 0.05) is 21.7 Å². The highest BCUT2D eigenvalue weighted by atomic mass is 35.5. The van der Waals surface area contributed by atoms with Crippen molar-refractivity contribution in [2.24, 2.45) is 0 Å². The summed E-state index contributed by atoms with van der Waals surface area (Å²) in [6.07, 6.45) is 3.25. The van der Waals surface area contributed by atoms with Crippen molar-refractivity contribution >= 4 is 22.4 Å². The van der Waals surface area contributed by atoms with Crippen molar-refractivity contribution in [3.63, 3.8) is 0 Å². The quantitative estimate of drug-likeness (QED) is 0.740. The Balaban J connectivity index is 2.25. The highest BCUT2D eigenvalue weighted by Gasteiger charge is 2.05. The lowest BCUT2D eigenvalue weighted by Gasteiger charge is -2.11. The third-order valence-corrected chi connectivity index (χ3v) is 4.50. The first kappa shape index (κ1) is 15.7. The molecule has 0 aliphatic carbocycles. The molecule has 4 heteroatoms. The standard InChI is InChI=1S/C14H22ClNOS/c1-3-16-12(2)7-4-5-10-18(17)14-9-6-8-13(15)11-14/h6,8-9,11-12,16H,3-5,7,10H2,1-2H3. The fourth-order valence-electron chi connectivity index (χ4n) is 1.86. The van der Waals surface area contributed by atoms with Gasteiger partial charge in [-0.3, -0.25) is 4.21 Å². The fraction of sp³-hybridized carbons (Fsp3) is 0.571. The Hall–Kier alpha value is -0.380. The van der Waals surface area contributed by atoms with Gasteiger partial charge in [0.05, 0.1) is 10.8 Å². The summed E-state index contributed by atoms with van der Waals surface area (Å²) >= 11 is 5.88. The van der Waals surface area contributed by atoms with E-state index in [0.717, 1.165) is 36.5 Å². The Morgan fingerprint density at radius 3 is 2.83 bits per heavy atom. The lowest BCUT2D eigenvalue weighted by Crippen LogP contribution is -2.25. The van der Waals surface area contributed by atoms with E-state index in [1.54, 1.807) is 12.1 Å². The molecule has 1 aromatic rings. The van der Waals surface area contributed by atoms with Crippen molar-refractivity contribution in [3.05, 3.63) is 29.3 Å². The number of hydrogen-bond donors (Lipinski definition) is 1. The van der Waals surface area contributed by atoms with Crippen LogP contribution in [-0.2, 0) is 10.8 Å². The topological polar surface area (TPSA) is 29.1 Å². The van der Waals surface area contributed by atoms with Gasteiger partial charge >= 0.3 is 0 Å². The van der Waals surface area contributed by atoms with Crippen molar-refractivity contribution in [2.75, 3.05) is 12.3 Å². The Morgan fingerprint density at radius 2 is 2.17 bits per heavy atom. The molecule has 18 heavy (non-hydrogen) atoms. The zero-order chi connectivity index (χ0) is 13.4. The van der Waals surface area contributed by atoms with Gasteiger partial charge in [-0.1, -0.05) is 31.0 Å². The van der Waals surface area contributed by atoms with E-state index in [1.807, 2.05) is 12.1 Å². The highest BCUT2D eigenvalue weighted by Crippen LogP contribution is 2.15. The van der Waals surface area contributed by atoms with E-state index in [4.69, 9.17) is 11.6 Å². The molecule has 0 aromatic heterocycles. The maximum absolute atomic E-state index is 12.0. The summed E-state index contributed by atoms with van der Waals surface area (Å²) in [5.41, 5.74) is 0. The summed E-state index contributed by atoms with van der Waals surface area (Å²) in [6.45, 7) is 5.32. The number of unbranched alkanes of at least 4 members (excludes halogenated alkanes) is 1. The van der Waals surface area contributed by atoms with Gasteiger partial charge in [0.25, 0.3) is 0 Å². The number of halogens is 1. The molecule has 2 unspecified atom stereocenters. The van der Waals surface area contributed by atoms with Crippen LogP contribution >= 0.6 is 11.6 Å². The SMILES string of the molecule is CCNC(C)CCCCS(=O)c1cccc(Cl)c1. The molecule has 2 nitrogen and oxygen atoms in total. The predicted octanol–water partition coefficient (Wildman–Crippen LogP) is 3.62. The maximum Gasteiger partial charge on any atom is 0.0530 e. The first-order valence-corrected chi connectivity index (χ1v) is 8.20. The largest absolute Gasteiger partial charge is 0.315 e. The molecule has 0 bridgehead atoms. The summed E-state index contributed by atoms with van der Waals surface area (Å²) in [5.74, 6) is 0.721. The molecule has 0 aliphatic heterocycles. The molecule has 0 radical (unpaired) electrons. The number of rotatable bonds is 8. The molecule has 1 aromatic carbocycles. The van der Waals surface area contributed by atoms with E-state index < -0.39 is 10.8 Å². The number of nitrogens with one attached hydrogen (secondary N) is 1. The van der Waals surface area contributed by atoms with E-state index in [-0.39, 0.29) is 0 Å². The van der Waals surface area contributed by atoms with Gasteiger partial charge in [-0.25, -0.2) is 0 Å². The van der Waals surface area contributed by atoms with Crippen LogP contribution < -0.4 is 5.32 Å². The Morgan fingerprint density at radius 1 is 1.39 bits per heavy atom. The average Bonchev–Trinajstić information content (AvgIpc) is 2.35. The predicted molar refractivity (Wildman–Crippen MR) is 79.7 cm³/mol. The minimum Gasteiger partial charge on any atom is -0.315 e. The lowest BCUT2D eigenvalue weighted by molar-refractivity contribution is 0.509. The molecule has 0 saturated heterocycles. The average molecular weight is 288 g/mol. The van der Waals surface area contributed by atoms with Crippen LogP contribution in [0.4, 0.5) is 0 Å². The van der Waals surface area contributed by atoms with Crippen LogP contribution in [0.5, 0.6) is 0 Å². The second-order valence-electron chi connectivity index (χ2n) is 4.46. The van der Waals surface area contributed by atoms with Crippen molar-refractivity contribution in [3.8, 4) is 0 Å². The Labute approximate surface area is 118 Å². The molecule has 0 spiro atoms. The van der Waals surface area contributed by atoms with Crippen LogP contribution in [0.3, 0.4) is 0 Å². The van der Waals surface area contributed by atoms with Crippen LogP contribution in [0.2, 0.25) is 5.02 Å². The molecular weight excluding hydrogens is 266 g/mol. The van der Waals surface area contributed by atoms with Gasteiger partial charge in [-0.05, 0) is 44.5 Å². The smallest absolute Gasteiger partial charge is 0.0530 e. The molecule has 102 valence electrons. The van der Waals surface area contributed by atoms with E-state index in [9.17, 15) is 4.21 Å². The molecule has 1 N–H and O–H groups in total. The Bertz CT molecular complexity index is 384. The van der Waals surface area contributed by atoms with Crippen molar-refractivity contribution in [1.29, 1.82) is 0 Å². The molecule has 0 aliphatic rings. The van der Waals surface area contributed by atoms with Crippen LogP contribution in [-0.4, -0.2) is 22.5 Å². The summed E-state index contributed by atoms with van der Waals surface area (Å²) in [7, 11) is -0.917. The molecule has 0 saturated carbocycles. The van der Waals surface area contributed by atoms with Gasteiger partial charge in [-0.2, -0.15) is 0 Å². The summed E-state index contributed by atoms with van der Waals surface area (Å²) in [5, 5.41) is 4.03. The van der Waals surface area contributed by atoms with Crippen LogP contribution in [0, 0.1) is 0 Å². The zero-order valence-electron chi connectivity index (χ0n) is 11.1. The number of hydrogen-bond acceptors (Lipinski definition) is 2. The van der Waals surface area contributed by atoms with Crippen LogP contribution in [0.25, 0.3) is 0 Å². The Kier molecular flexibility index (Phi) is 7.56. The first-order valence-electron chi connectivity index (χ1n) is 6.50. The third-order valence-electron chi connectivity index (χ3n) is 2.83. The van der Waals surface area contributed by atoms with Crippen LogP contribution in [0.1, 0.15) is 33.1 Å². The summed E-state index contributed by atoms with van der Waals surface area (Å²) < 4.78 is 12.0. The van der Waals surface area contributed by atoms with Crippen molar-refractivity contribution < 1.29 is 4.21 Å². The molecular formula is C14H22ClNOS. The van der Waals surface area contributed by atoms with E-state index >= 15 is 0 Å². The monoisotopic (exact) mass is 287 g/mol.